The number of methoxy groups -OCH3 is 1. The van der Waals surface area contributed by atoms with E-state index in [1.807, 2.05) is 33.0 Å². The number of aliphatic imine (C=N–C) groups is 1. The summed E-state index contributed by atoms with van der Waals surface area (Å²) in [5, 5.41) is 20.3. The van der Waals surface area contributed by atoms with Gasteiger partial charge in [0.05, 0.1) is 31.1 Å². The Kier molecular flexibility index (Phi) is 11.8. The first-order chi connectivity index (χ1) is 25.4. The fourth-order valence-electron chi connectivity index (χ4n) is 8.46. The van der Waals surface area contributed by atoms with Crippen LogP contribution < -0.4 is 36.9 Å². The minimum Gasteiger partial charge on any atom is -0.493 e. The minimum atomic E-state index is -1.14. The SMILES string of the molecule is COc1ccc2c3c1O[C@H]1C(OC(=O)N(C)CC(C)(C)CNC(=O)[C@H](CCCN=C(N)N)NC(=O)CNC(=O)CC(C)=O)=CC[C@@]4(O)[C@@H](C2)N(C)CC[C@]314. The highest BCUT2D eigenvalue weighted by Gasteiger charge is 2.72. The topological polar surface area (TPSA) is 240 Å². The Bertz CT molecular complexity index is 1730. The lowest BCUT2D eigenvalue weighted by molar-refractivity contribution is -0.163. The van der Waals surface area contributed by atoms with Gasteiger partial charge in [-0.15, -0.1) is 0 Å². The van der Waals surface area contributed by atoms with Crippen molar-refractivity contribution in [3.8, 4) is 11.5 Å². The molecule has 0 aromatic heterocycles. The van der Waals surface area contributed by atoms with Crippen molar-refractivity contribution in [3.05, 3.63) is 35.1 Å². The number of guanidine groups is 1. The van der Waals surface area contributed by atoms with Crippen LogP contribution in [-0.2, 0) is 35.8 Å². The zero-order valence-corrected chi connectivity index (χ0v) is 32.0. The molecule has 1 aromatic rings. The Hall–Kier alpha value is -4.90. The number of hydrogen-bond acceptors (Lipinski definition) is 11. The zero-order chi connectivity index (χ0) is 39.6. The minimum absolute atomic E-state index is 0.0988. The fourth-order valence-corrected chi connectivity index (χ4v) is 8.46. The lowest BCUT2D eigenvalue weighted by Crippen LogP contribution is -2.74. The van der Waals surface area contributed by atoms with Crippen molar-refractivity contribution in [2.24, 2.45) is 21.9 Å². The first kappa shape index (κ1) is 40.3. The van der Waals surface area contributed by atoms with Crippen LogP contribution in [0, 0.1) is 5.41 Å². The molecular weight excluding hydrogens is 700 g/mol. The van der Waals surface area contributed by atoms with Gasteiger partial charge in [0.15, 0.2) is 23.6 Å². The largest absolute Gasteiger partial charge is 0.493 e. The molecule has 17 nitrogen and oxygen atoms in total. The van der Waals surface area contributed by atoms with E-state index in [9.17, 15) is 29.1 Å². The predicted molar refractivity (Wildman–Crippen MR) is 198 cm³/mol. The van der Waals surface area contributed by atoms with Gasteiger partial charge in [-0.1, -0.05) is 19.9 Å². The maximum atomic E-state index is 13.7. The zero-order valence-electron chi connectivity index (χ0n) is 32.0. The van der Waals surface area contributed by atoms with Crippen molar-refractivity contribution < 1.29 is 43.3 Å². The van der Waals surface area contributed by atoms with Crippen molar-refractivity contribution in [1.82, 2.24) is 25.8 Å². The van der Waals surface area contributed by atoms with Crippen LogP contribution in [-0.4, -0.2) is 128 Å². The molecule has 0 unspecified atom stereocenters. The molecule has 296 valence electrons. The lowest BCUT2D eigenvalue weighted by Gasteiger charge is -2.61. The van der Waals surface area contributed by atoms with Crippen LogP contribution in [0.4, 0.5) is 4.79 Å². The van der Waals surface area contributed by atoms with Gasteiger partial charge < -0.3 is 56.5 Å². The predicted octanol–water partition coefficient (Wildman–Crippen LogP) is -0.183. The lowest BCUT2D eigenvalue weighted by atomic mass is 9.50. The van der Waals surface area contributed by atoms with Gasteiger partial charge in [-0.25, -0.2) is 4.79 Å². The number of piperidine rings is 1. The molecule has 4 aliphatic rings. The molecule has 5 rings (SSSR count). The van der Waals surface area contributed by atoms with Crippen LogP contribution in [0.2, 0.25) is 0 Å². The van der Waals surface area contributed by atoms with E-state index in [2.05, 4.69) is 25.8 Å². The second-order valence-corrected chi connectivity index (χ2v) is 15.6. The molecular formula is C37H54N8O9. The molecule has 0 saturated carbocycles. The Balaban J connectivity index is 1.22. The Labute approximate surface area is 315 Å². The third kappa shape index (κ3) is 7.97. The molecule has 2 aliphatic heterocycles. The molecule has 2 bridgehead atoms. The van der Waals surface area contributed by atoms with Crippen molar-refractivity contribution >= 4 is 35.6 Å². The van der Waals surface area contributed by atoms with Crippen molar-refractivity contribution in [1.29, 1.82) is 0 Å². The molecule has 2 heterocycles. The summed E-state index contributed by atoms with van der Waals surface area (Å²) in [6, 6.07) is 2.81. The van der Waals surface area contributed by atoms with Crippen LogP contribution >= 0.6 is 0 Å². The summed E-state index contributed by atoms with van der Waals surface area (Å²) in [6.45, 7) is 5.89. The number of aliphatic hydroxyl groups is 1. The summed E-state index contributed by atoms with van der Waals surface area (Å²) in [4.78, 5) is 70.2. The number of ether oxygens (including phenoxy) is 3. The van der Waals surface area contributed by atoms with E-state index < -0.39 is 58.9 Å². The molecule has 5 atom stereocenters. The van der Waals surface area contributed by atoms with Gasteiger partial charge in [-0.05, 0) is 69.3 Å². The molecule has 1 fully saturated rings. The second kappa shape index (κ2) is 15.8. The quantitative estimate of drug-likeness (QED) is 0.0558. The number of rotatable bonds is 16. The van der Waals surface area contributed by atoms with Gasteiger partial charge >= 0.3 is 6.09 Å². The molecule has 17 heteroatoms. The van der Waals surface area contributed by atoms with Crippen LogP contribution in [0.5, 0.6) is 11.5 Å². The molecule has 1 saturated heterocycles. The summed E-state index contributed by atoms with van der Waals surface area (Å²) < 4.78 is 18.3. The number of nitrogens with one attached hydrogen (secondary N) is 3. The molecule has 0 radical (unpaired) electrons. The smallest absolute Gasteiger partial charge is 0.414 e. The Morgan fingerprint density at radius 2 is 1.93 bits per heavy atom. The number of ketones is 1. The van der Waals surface area contributed by atoms with E-state index in [1.54, 1.807) is 20.2 Å². The second-order valence-electron chi connectivity index (χ2n) is 15.6. The number of benzene rings is 1. The van der Waals surface area contributed by atoms with Gasteiger partial charge in [-0.3, -0.25) is 24.2 Å². The van der Waals surface area contributed by atoms with Crippen LogP contribution in [0.1, 0.15) is 64.0 Å². The maximum Gasteiger partial charge on any atom is 0.414 e. The average molecular weight is 755 g/mol. The standard InChI is InChI=1S/C37H54N8O9/c1-21(46)16-27(47)41-18-28(48)43-23(8-7-14-40-33(38)39)32(49)42-19-35(2,3)20-45(5)34(50)53-25-11-12-37(51)26-17-22-9-10-24(52-6)30-29(22)36(37,31(25)54-30)13-15-44(26)4/h9-11,23,26,31,51H,7-8,12-20H2,1-6H3,(H,41,47)(H,42,49)(H,43,48)(H4,38,39,40)/t23-,26+,31-,36-,37+/m0/s1. The first-order valence-corrected chi connectivity index (χ1v) is 18.2. The number of Topliss-reactive ketones (excluding diaryl/α,β-unsaturated/α-hetero) is 1. The summed E-state index contributed by atoms with van der Waals surface area (Å²) >= 11 is 0. The van der Waals surface area contributed by atoms with Gasteiger partial charge in [0, 0.05) is 44.7 Å². The highest BCUT2D eigenvalue weighted by Crippen LogP contribution is 2.65. The van der Waals surface area contributed by atoms with Gasteiger partial charge in [0.2, 0.25) is 17.7 Å². The van der Waals surface area contributed by atoms with Crippen molar-refractivity contribution in [2.75, 3.05) is 53.9 Å². The molecule has 2 aliphatic carbocycles. The van der Waals surface area contributed by atoms with Crippen molar-refractivity contribution in [2.45, 2.75) is 88.5 Å². The van der Waals surface area contributed by atoms with E-state index in [-0.39, 0.29) is 56.7 Å². The number of likely N-dealkylation sites (N-methyl/N-ethyl adjacent to an activating group) is 1. The summed E-state index contributed by atoms with van der Waals surface area (Å²) in [7, 11) is 5.21. The molecule has 1 aromatic carbocycles. The summed E-state index contributed by atoms with van der Waals surface area (Å²) in [5.74, 6) is -0.642. The molecule has 1 spiro atoms. The number of nitrogens with zero attached hydrogens (tertiary/aromatic N) is 3. The highest BCUT2D eigenvalue weighted by atomic mass is 16.6. The summed E-state index contributed by atoms with van der Waals surface area (Å²) in [6.07, 6.45) is 2.20. The highest BCUT2D eigenvalue weighted by molar-refractivity contribution is 5.98. The number of hydrogen-bond donors (Lipinski definition) is 6. The van der Waals surface area contributed by atoms with Gasteiger partial charge in [0.25, 0.3) is 0 Å². The molecule has 4 amide bonds. The normalized spacial score (nSPS) is 24.1. The summed E-state index contributed by atoms with van der Waals surface area (Å²) in [5.41, 5.74) is 10.2. The van der Waals surface area contributed by atoms with Crippen LogP contribution in [0.15, 0.2) is 29.0 Å². The number of nitrogens with two attached hydrogens (primary N) is 2. The van der Waals surface area contributed by atoms with E-state index in [4.69, 9.17) is 25.7 Å². The Morgan fingerprint density at radius 3 is 2.61 bits per heavy atom. The average Bonchev–Trinajstić information content (AvgIpc) is 3.46. The maximum absolute atomic E-state index is 13.7. The third-order valence-electron chi connectivity index (χ3n) is 10.9. The first-order valence-electron chi connectivity index (χ1n) is 18.2. The molecule has 8 N–H and O–H groups in total. The van der Waals surface area contributed by atoms with E-state index >= 15 is 0 Å². The molecule has 54 heavy (non-hydrogen) atoms. The number of amides is 4. The van der Waals surface area contributed by atoms with E-state index in [0.29, 0.717) is 36.5 Å². The van der Waals surface area contributed by atoms with E-state index in [0.717, 1.165) is 17.7 Å². The van der Waals surface area contributed by atoms with Crippen molar-refractivity contribution in [3.63, 3.8) is 0 Å². The van der Waals surface area contributed by atoms with Crippen LogP contribution in [0.25, 0.3) is 0 Å². The van der Waals surface area contributed by atoms with Gasteiger partial charge in [-0.2, -0.15) is 0 Å². The van der Waals surface area contributed by atoms with E-state index in [1.165, 1.54) is 11.8 Å². The number of likely N-dealkylation sites (tertiary alicyclic amines) is 1. The van der Waals surface area contributed by atoms with Gasteiger partial charge in [0.1, 0.15) is 17.6 Å². The fraction of sp³-hybridized carbons (Fsp3) is 0.622. The monoisotopic (exact) mass is 754 g/mol. The Morgan fingerprint density at radius 1 is 1.19 bits per heavy atom. The van der Waals surface area contributed by atoms with Crippen LogP contribution in [0.3, 0.4) is 0 Å². The number of carbonyl (C=O) groups is 5. The third-order valence-corrected chi connectivity index (χ3v) is 10.9. The number of carbonyl (C=O) groups excluding carboxylic acids is 5.